The molecule has 1 aromatic rings. The second kappa shape index (κ2) is 6.81. The van der Waals surface area contributed by atoms with Gasteiger partial charge in [0.1, 0.15) is 5.75 Å². The largest absolute Gasteiger partial charge is 0.495 e. The maximum atomic E-state index is 12.5. The molecule has 6 heteroatoms. The molecule has 1 aromatic carbocycles. The van der Waals surface area contributed by atoms with Crippen molar-refractivity contribution in [3.05, 3.63) is 18.2 Å². The van der Waals surface area contributed by atoms with Crippen molar-refractivity contribution in [2.45, 2.75) is 50.5 Å². The second-order valence-corrected chi connectivity index (χ2v) is 6.71. The van der Waals surface area contributed by atoms with Gasteiger partial charge in [-0.3, -0.25) is 9.59 Å². The molecular weight excluding hydrogens is 306 g/mol. The molecule has 2 aliphatic rings. The number of nitrogens with one attached hydrogen (secondary N) is 1. The summed E-state index contributed by atoms with van der Waals surface area (Å²) in [6.45, 7) is 0.674. The molecule has 0 unspecified atom stereocenters. The van der Waals surface area contributed by atoms with Crippen molar-refractivity contribution in [3.8, 4) is 5.75 Å². The van der Waals surface area contributed by atoms with Crippen LogP contribution in [0.2, 0.25) is 0 Å². The van der Waals surface area contributed by atoms with E-state index in [2.05, 4.69) is 5.32 Å². The Bertz CT molecular complexity index is 638. The van der Waals surface area contributed by atoms with Gasteiger partial charge in [0.15, 0.2) is 0 Å². The van der Waals surface area contributed by atoms with Crippen LogP contribution in [0.15, 0.2) is 18.2 Å². The van der Waals surface area contributed by atoms with Gasteiger partial charge in [0.05, 0.1) is 18.3 Å². The van der Waals surface area contributed by atoms with Gasteiger partial charge in [0.25, 0.3) is 0 Å². The fourth-order valence-corrected chi connectivity index (χ4v) is 3.53. The number of carbonyl (C=O) groups is 2. The van der Waals surface area contributed by atoms with E-state index in [1.54, 1.807) is 30.2 Å². The summed E-state index contributed by atoms with van der Waals surface area (Å²) in [5.74, 6) is 0.571. The molecule has 0 radical (unpaired) electrons. The molecule has 0 aromatic heterocycles. The van der Waals surface area contributed by atoms with Gasteiger partial charge in [-0.15, -0.1) is 0 Å². The third kappa shape index (κ3) is 3.24. The molecule has 24 heavy (non-hydrogen) atoms. The highest BCUT2D eigenvalue weighted by atomic mass is 16.5. The van der Waals surface area contributed by atoms with Gasteiger partial charge in [-0.25, -0.2) is 0 Å². The molecule has 1 saturated heterocycles. The van der Waals surface area contributed by atoms with Crippen LogP contribution in [-0.2, 0) is 9.59 Å². The first kappa shape index (κ1) is 16.8. The number of piperidine rings is 1. The van der Waals surface area contributed by atoms with E-state index in [9.17, 15) is 9.59 Å². The molecule has 1 heterocycles. The van der Waals surface area contributed by atoms with Gasteiger partial charge in [-0.1, -0.05) is 12.8 Å². The molecule has 0 bridgehead atoms. The van der Waals surface area contributed by atoms with Crippen molar-refractivity contribution >= 4 is 23.2 Å². The minimum atomic E-state index is -0.777. The van der Waals surface area contributed by atoms with E-state index in [0.717, 1.165) is 25.7 Å². The predicted octanol–water partition coefficient (Wildman–Crippen LogP) is 2.42. The van der Waals surface area contributed by atoms with Crippen LogP contribution < -0.4 is 20.7 Å². The lowest BCUT2D eigenvalue weighted by Crippen LogP contribution is -2.48. The number of ether oxygens (including phenoxy) is 1. The third-order valence-electron chi connectivity index (χ3n) is 5.00. The number of nitrogens with zero attached hydrogens (tertiary/aromatic N) is 1. The molecule has 0 atom stereocenters. The summed E-state index contributed by atoms with van der Waals surface area (Å²) in [5.41, 5.74) is 6.78. The molecule has 3 N–H and O–H groups in total. The molecule has 0 spiro atoms. The van der Waals surface area contributed by atoms with Gasteiger partial charge >= 0.3 is 0 Å². The number of anilines is 2. The molecule has 1 aliphatic carbocycles. The first-order valence-electron chi connectivity index (χ1n) is 8.62. The Labute approximate surface area is 142 Å². The van der Waals surface area contributed by atoms with E-state index in [1.165, 1.54) is 0 Å². The SMILES string of the molecule is COc1ccc(NC(=O)C2(N)CCCC2)cc1N1CCCCC1=O. The smallest absolute Gasteiger partial charge is 0.244 e. The Morgan fingerprint density at radius 1 is 1.25 bits per heavy atom. The van der Waals surface area contributed by atoms with Gasteiger partial charge in [0, 0.05) is 18.7 Å². The molecule has 2 fully saturated rings. The summed E-state index contributed by atoms with van der Waals surface area (Å²) < 4.78 is 5.40. The average Bonchev–Trinajstić information content (AvgIpc) is 3.03. The summed E-state index contributed by atoms with van der Waals surface area (Å²) in [4.78, 5) is 26.5. The summed E-state index contributed by atoms with van der Waals surface area (Å²) >= 11 is 0. The van der Waals surface area contributed by atoms with Crippen LogP contribution >= 0.6 is 0 Å². The average molecular weight is 331 g/mol. The molecule has 130 valence electrons. The minimum absolute atomic E-state index is 0.0918. The van der Waals surface area contributed by atoms with Crippen LogP contribution in [0, 0.1) is 0 Å². The number of methoxy groups -OCH3 is 1. The third-order valence-corrected chi connectivity index (χ3v) is 5.00. The van der Waals surface area contributed by atoms with Crippen molar-refractivity contribution in [2.24, 2.45) is 5.73 Å². The first-order chi connectivity index (χ1) is 11.5. The molecule has 3 rings (SSSR count). The summed E-state index contributed by atoms with van der Waals surface area (Å²) in [6.07, 6.45) is 5.84. The summed E-state index contributed by atoms with van der Waals surface area (Å²) in [5, 5.41) is 2.91. The quantitative estimate of drug-likeness (QED) is 0.887. The van der Waals surface area contributed by atoms with Gasteiger partial charge in [0.2, 0.25) is 11.8 Å². The van der Waals surface area contributed by atoms with Crippen LogP contribution in [0.5, 0.6) is 5.75 Å². The standard InChI is InChI=1S/C18H25N3O3/c1-24-15-8-7-13(20-17(23)18(19)9-3-4-10-18)12-14(15)21-11-5-2-6-16(21)22/h7-8,12H,2-6,9-11,19H2,1H3,(H,20,23). The number of carbonyl (C=O) groups excluding carboxylic acids is 2. The minimum Gasteiger partial charge on any atom is -0.495 e. The zero-order valence-corrected chi connectivity index (χ0v) is 14.1. The topological polar surface area (TPSA) is 84.7 Å². The zero-order chi connectivity index (χ0) is 17.2. The Morgan fingerprint density at radius 2 is 2.00 bits per heavy atom. The van der Waals surface area contributed by atoms with Crippen LogP contribution in [0.4, 0.5) is 11.4 Å². The highest BCUT2D eigenvalue weighted by molar-refractivity contribution is 6.00. The number of rotatable bonds is 4. The van der Waals surface area contributed by atoms with Crippen LogP contribution in [0.25, 0.3) is 0 Å². The molecular formula is C18H25N3O3. The predicted molar refractivity (Wildman–Crippen MR) is 93.2 cm³/mol. The number of amides is 2. The first-order valence-corrected chi connectivity index (χ1v) is 8.62. The Balaban J connectivity index is 1.83. The Morgan fingerprint density at radius 3 is 2.67 bits per heavy atom. The molecule has 6 nitrogen and oxygen atoms in total. The van der Waals surface area contributed by atoms with E-state index in [1.807, 2.05) is 0 Å². The molecule has 1 aliphatic heterocycles. The fraction of sp³-hybridized carbons (Fsp3) is 0.556. The number of hydrogen-bond acceptors (Lipinski definition) is 4. The van der Waals surface area contributed by atoms with Gasteiger partial charge < -0.3 is 20.7 Å². The van der Waals surface area contributed by atoms with Crippen molar-refractivity contribution in [2.75, 3.05) is 23.9 Å². The summed E-state index contributed by atoms with van der Waals surface area (Å²) in [7, 11) is 1.58. The second-order valence-electron chi connectivity index (χ2n) is 6.71. The van der Waals surface area contributed by atoms with E-state index >= 15 is 0 Å². The van der Waals surface area contributed by atoms with Gasteiger partial charge in [-0.2, -0.15) is 0 Å². The van der Waals surface area contributed by atoms with Crippen molar-refractivity contribution < 1.29 is 14.3 Å². The van der Waals surface area contributed by atoms with Crippen LogP contribution in [0.1, 0.15) is 44.9 Å². The van der Waals surface area contributed by atoms with Crippen molar-refractivity contribution in [1.29, 1.82) is 0 Å². The highest BCUT2D eigenvalue weighted by Crippen LogP contribution is 2.34. The Kier molecular flexibility index (Phi) is 4.76. The van der Waals surface area contributed by atoms with E-state index in [-0.39, 0.29) is 11.8 Å². The van der Waals surface area contributed by atoms with E-state index < -0.39 is 5.54 Å². The lowest BCUT2D eigenvalue weighted by Gasteiger charge is -2.29. The van der Waals surface area contributed by atoms with E-state index in [0.29, 0.717) is 42.9 Å². The monoisotopic (exact) mass is 331 g/mol. The molecule has 1 saturated carbocycles. The van der Waals surface area contributed by atoms with Gasteiger partial charge in [-0.05, 0) is 43.9 Å². The lowest BCUT2D eigenvalue weighted by molar-refractivity contribution is -0.121. The molecule has 2 amide bonds. The Hall–Kier alpha value is -2.08. The lowest BCUT2D eigenvalue weighted by atomic mass is 9.98. The fourth-order valence-electron chi connectivity index (χ4n) is 3.53. The van der Waals surface area contributed by atoms with Crippen molar-refractivity contribution in [1.82, 2.24) is 0 Å². The van der Waals surface area contributed by atoms with Crippen molar-refractivity contribution in [3.63, 3.8) is 0 Å². The normalized spacial score (nSPS) is 20.1. The summed E-state index contributed by atoms with van der Waals surface area (Å²) in [6, 6.07) is 5.37. The highest BCUT2D eigenvalue weighted by Gasteiger charge is 2.37. The number of hydrogen-bond donors (Lipinski definition) is 2. The number of benzene rings is 1. The number of nitrogens with two attached hydrogens (primary N) is 1. The van der Waals surface area contributed by atoms with E-state index in [4.69, 9.17) is 10.5 Å². The maximum absolute atomic E-state index is 12.5. The van der Waals surface area contributed by atoms with Crippen LogP contribution in [0.3, 0.4) is 0 Å². The van der Waals surface area contributed by atoms with Crippen LogP contribution in [-0.4, -0.2) is 31.0 Å². The maximum Gasteiger partial charge on any atom is 0.244 e. The zero-order valence-electron chi connectivity index (χ0n) is 14.1.